The Hall–Kier alpha value is 1.13. The third-order valence-corrected chi connectivity index (χ3v) is 0. The second-order valence-electron chi connectivity index (χ2n) is 0.448. The van der Waals surface area contributed by atoms with E-state index in [1.54, 1.807) is 0 Å². The zero-order valence-corrected chi connectivity index (χ0v) is 3.44. The Balaban J connectivity index is -0.0000000267. The van der Waals surface area contributed by atoms with Crippen LogP contribution < -0.4 is 0 Å². The third kappa shape index (κ3) is 210. The van der Waals surface area contributed by atoms with Crippen molar-refractivity contribution in [1.29, 1.82) is 0 Å². The van der Waals surface area contributed by atoms with Crippen molar-refractivity contribution in [2.45, 2.75) is 0 Å². The van der Waals surface area contributed by atoms with E-state index in [1.165, 1.54) is 0 Å². The van der Waals surface area contributed by atoms with Gasteiger partial charge in [-0.05, 0) is 0 Å². The maximum Gasteiger partial charge on any atom is 0.394 e. The minimum Gasteiger partial charge on any atom is -0.412 e. The summed E-state index contributed by atoms with van der Waals surface area (Å²) in [5.41, 5.74) is 0. The predicted octanol–water partition coefficient (Wildman–Crippen LogP) is -3.58. The first-order valence-electron chi connectivity index (χ1n) is 0.698. The van der Waals surface area contributed by atoms with Crippen LogP contribution >= 0.6 is 0 Å². The lowest BCUT2D eigenvalue weighted by Gasteiger charge is -1.68. The van der Waals surface area contributed by atoms with Crippen molar-refractivity contribution in [3.63, 3.8) is 0 Å². The van der Waals surface area contributed by atoms with Gasteiger partial charge in [0.15, 0.2) is 17.4 Å². The molecule has 0 aliphatic heterocycles. The Morgan fingerprint density at radius 1 is 1.12 bits per heavy atom. The lowest BCUT2D eigenvalue weighted by Crippen LogP contribution is -1.89. The quantitative estimate of drug-likeness (QED) is 0.291. The Labute approximate surface area is 73.6 Å². The summed E-state index contributed by atoms with van der Waals surface area (Å²) in [6, 6.07) is 0. The first-order valence-corrected chi connectivity index (χ1v) is 2.10. The first kappa shape index (κ1) is 22.9. The van der Waals surface area contributed by atoms with Crippen LogP contribution in [0.3, 0.4) is 0 Å². The van der Waals surface area contributed by atoms with E-state index in [-0.39, 0.29) is 45.9 Å². The molecule has 0 aromatic rings. The zero-order valence-electron chi connectivity index (χ0n) is 2.62. The van der Waals surface area contributed by atoms with Crippen LogP contribution in [0.5, 0.6) is 0 Å². The molecule has 0 aromatic carbocycles. The van der Waals surface area contributed by atoms with Gasteiger partial charge in [-0.15, -0.1) is 0 Å². The van der Waals surface area contributed by atoms with Crippen molar-refractivity contribution < 1.29 is 23.0 Å². The Morgan fingerprint density at radius 3 is 1.12 bits per heavy atom. The fraction of sp³-hybridized carbons (Fsp3) is 0. The van der Waals surface area contributed by atoms with E-state index in [9.17, 15) is 0 Å². The molecule has 0 aliphatic rings. The van der Waals surface area contributed by atoms with Crippen LogP contribution in [0.2, 0.25) is 0 Å². The Kier molecular flexibility index (Phi) is 23.3. The third-order valence-electron chi connectivity index (χ3n) is 0. The van der Waals surface area contributed by atoms with Crippen molar-refractivity contribution in [2.24, 2.45) is 0 Å². The molecule has 0 rings (SSSR count). The number of hydrogen-bond donors (Lipinski definition) is 2. The summed E-state index contributed by atoms with van der Waals surface area (Å²) in [5.74, 6) is 0. The summed E-state index contributed by atoms with van der Waals surface area (Å²) in [7, 11) is -4.67. The molecule has 0 fully saturated rings. The van der Waals surface area contributed by atoms with Crippen LogP contribution in [0.4, 0.5) is 0 Å². The van der Waals surface area contributed by atoms with E-state index in [4.69, 9.17) is 17.5 Å². The molecule has 0 amide bonds. The van der Waals surface area contributed by atoms with Gasteiger partial charge in [0.1, 0.15) is 0 Å². The molecule has 8 heavy (non-hydrogen) atoms. The summed E-state index contributed by atoms with van der Waals surface area (Å²) >= 11 is 0. The van der Waals surface area contributed by atoms with Crippen LogP contribution in [-0.4, -0.2) is 63.4 Å². The Bertz CT molecular complexity index is 95.6. The van der Waals surface area contributed by atoms with Crippen LogP contribution in [-0.2, 0) is 10.4 Å². The van der Waals surface area contributed by atoms with E-state index in [2.05, 4.69) is 0 Å². The van der Waals surface area contributed by atoms with Crippen molar-refractivity contribution in [2.75, 3.05) is 0 Å². The van der Waals surface area contributed by atoms with E-state index in [0.717, 1.165) is 0 Å². The van der Waals surface area contributed by atoms with Crippen LogP contribution in [0.25, 0.3) is 0 Å². The molecular formula is H9AlMgO5S. The highest BCUT2D eigenvalue weighted by atomic mass is 32.3. The van der Waals surface area contributed by atoms with Gasteiger partial charge in [0.05, 0.1) is 0 Å². The van der Waals surface area contributed by atoms with Crippen LogP contribution in [0.1, 0.15) is 0 Å². The molecule has 0 heterocycles. The molecule has 8 heteroatoms. The summed E-state index contributed by atoms with van der Waals surface area (Å²) < 4.78 is 31.6. The molecule has 0 saturated carbocycles. The van der Waals surface area contributed by atoms with Gasteiger partial charge in [-0.3, -0.25) is 9.11 Å². The van der Waals surface area contributed by atoms with Gasteiger partial charge in [-0.25, -0.2) is 0 Å². The van der Waals surface area contributed by atoms with Gasteiger partial charge in [0.2, 0.25) is 0 Å². The van der Waals surface area contributed by atoms with Crippen molar-refractivity contribution >= 4 is 50.8 Å². The second kappa shape index (κ2) is 8.13. The molecule has 0 aromatic heterocycles. The van der Waals surface area contributed by atoms with E-state index in [1.807, 2.05) is 0 Å². The highest BCUT2D eigenvalue weighted by Crippen LogP contribution is 1.59. The van der Waals surface area contributed by atoms with Gasteiger partial charge in [-0.2, -0.15) is 8.42 Å². The average molecular weight is 172 g/mol. The second-order valence-corrected chi connectivity index (χ2v) is 1.34. The molecule has 0 bridgehead atoms. The Morgan fingerprint density at radius 2 is 1.12 bits per heavy atom. The van der Waals surface area contributed by atoms with E-state index < -0.39 is 10.4 Å². The molecule has 4 N–H and O–H groups in total. The van der Waals surface area contributed by atoms with Gasteiger partial charge in [0, 0.05) is 0 Å². The van der Waals surface area contributed by atoms with Crippen molar-refractivity contribution in [3.05, 3.63) is 0 Å². The number of rotatable bonds is 0. The first-order chi connectivity index (χ1) is 2.00. The molecule has 5 nitrogen and oxygen atoms in total. The highest BCUT2D eigenvalue weighted by Gasteiger charge is 1.84. The molecular weight excluding hydrogens is 163 g/mol. The fourth-order valence-electron chi connectivity index (χ4n) is 0. The summed E-state index contributed by atoms with van der Waals surface area (Å²) in [6.45, 7) is 0. The fourth-order valence-corrected chi connectivity index (χ4v) is 0. The largest absolute Gasteiger partial charge is 0.412 e. The van der Waals surface area contributed by atoms with Crippen LogP contribution in [0, 0.1) is 0 Å². The predicted molar refractivity (Wildman–Crippen MR) is 36.3 cm³/mol. The summed E-state index contributed by atoms with van der Waals surface area (Å²) in [5, 5.41) is 0. The maximum absolute atomic E-state index is 8.74. The maximum atomic E-state index is 8.74. The van der Waals surface area contributed by atoms with Gasteiger partial charge < -0.3 is 5.48 Å². The molecule has 50 valence electrons. The molecule has 0 atom stereocenters. The summed E-state index contributed by atoms with van der Waals surface area (Å²) in [6.07, 6.45) is 0. The molecule has 0 aliphatic carbocycles. The van der Waals surface area contributed by atoms with Gasteiger partial charge in [-0.1, -0.05) is 0 Å². The highest BCUT2D eigenvalue weighted by molar-refractivity contribution is 7.79. The lowest BCUT2D eigenvalue weighted by molar-refractivity contribution is 0.381. The average Bonchev–Trinajstić information content (AvgIpc) is 0.722. The van der Waals surface area contributed by atoms with Crippen molar-refractivity contribution in [1.82, 2.24) is 0 Å². The van der Waals surface area contributed by atoms with E-state index in [0.29, 0.717) is 0 Å². The minimum atomic E-state index is -4.67. The smallest absolute Gasteiger partial charge is 0.394 e. The molecule has 0 radical (unpaired) electrons. The SMILES string of the molecule is O.O=S(=O)(O)O.[AlH3].[MgH2]. The normalized spacial score (nSPS) is 7.25. The topological polar surface area (TPSA) is 106 Å². The minimum absolute atomic E-state index is 0. The zero-order chi connectivity index (χ0) is 4.50. The summed E-state index contributed by atoms with van der Waals surface area (Å²) in [4.78, 5) is 0. The standard InChI is InChI=1S/Al.Mg.H2O4S.H2O.5H/c;;1-5(2,3)4;;;;;;/h;;(H2,1,2,3,4);1H2;;;;;. The lowest BCUT2D eigenvalue weighted by atomic mass is 15.8. The molecule has 0 saturated heterocycles. The van der Waals surface area contributed by atoms with Crippen molar-refractivity contribution in [3.8, 4) is 0 Å². The molecule has 0 unspecified atom stereocenters. The van der Waals surface area contributed by atoms with Gasteiger partial charge in [0.25, 0.3) is 0 Å². The van der Waals surface area contributed by atoms with Crippen LogP contribution in [0.15, 0.2) is 0 Å². The molecule has 0 spiro atoms. The monoisotopic (exact) mass is 172 g/mol. The number of hydrogen-bond acceptors (Lipinski definition) is 2. The van der Waals surface area contributed by atoms with E-state index >= 15 is 0 Å². The van der Waals surface area contributed by atoms with Gasteiger partial charge >= 0.3 is 33.5 Å².